The summed E-state index contributed by atoms with van der Waals surface area (Å²) in [6.45, 7) is 14.3. The van der Waals surface area contributed by atoms with Crippen molar-refractivity contribution < 1.29 is 44.5 Å². The number of nitrogens with one attached hydrogen (secondary N) is 1. The first kappa shape index (κ1) is 55.3. The third-order valence-corrected chi connectivity index (χ3v) is 13.2. The van der Waals surface area contributed by atoms with Crippen LogP contribution in [0.3, 0.4) is 0 Å². The average molecular weight is 1000 g/mol. The molecule has 0 aliphatic carbocycles. The van der Waals surface area contributed by atoms with Crippen molar-refractivity contribution in [2.24, 2.45) is 4.40 Å². The summed E-state index contributed by atoms with van der Waals surface area (Å²) in [4.78, 5) is 28.0. The second kappa shape index (κ2) is 26.8. The van der Waals surface area contributed by atoms with Crippen LogP contribution in [0.25, 0.3) is 0 Å². The predicted molar refractivity (Wildman–Crippen MR) is 250 cm³/mol. The quantitative estimate of drug-likeness (QED) is 0.149. The first-order valence-corrected chi connectivity index (χ1v) is 22.9. The molecule has 0 spiro atoms. The summed E-state index contributed by atoms with van der Waals surface area (Å²) in [6.07, 6.45) is 1.96. The monoisotopic (exact) mass is 998 g/mol. The van der Waals surface area contributed by atoms with Crippen LogP contribution in [-0.4, -0.2) is 94.8 Å². The Hall–Kier alpha value is -2.82. The number of halogens is 3. The Bertz CT molecular complexity index is 2020. The second-order valence-electron chi connectivity index (χ2n) is 16.4. The van der Waals surface area contributed by atoms with Gasteiger partial charge in [-0.25, -0.2) is 22.7 Å². The van der Waals surface area contributed by atoms with Crippen molar-refractivity contribution >= 4 is 86.1 Å². The molecule has 1 N–H and O–H groups in total. The van der Waals surface area contributed by atoms with E-state index in [1.54, 1.807) is 34.1 Å². The van der Waals surface area contributed by atoms with Crippen LogP contribution in [0.4, 0.5) is 9.59 Å². The molecule has 0 aromatic heterocycles. The van der Waals surface area contributed by atoms with Gasteiger partial charge in [-0.05, 0) is 83.2 Å². The summed E-state index contributed by atoms with van der Waals surface area (Å²) in [5.74, 6) is 0. The molecular weight excluding hydrogens is 944 g/mol. The standard InChI is InChI=1S/C23H29ClN2O3S.C17H24N2O3S.C6H4Cl.BrH.Mg/c1-22(2,3)30(28)25-23(19-9-11-20(24)12-10-19)13-15-26(16-14-23)21(27)29-17-18-7-5-4-6-8-18;1-17(2,3)23(21)18-15-9-11-19(12-10-15)16(20)22-13-14-7-5-4-6-8-14;7-6-4-2-1-3-5-6;;/h4-12,25H,13-17H2,1-3H3;4-8H,9-13H2,1-3H3;2-5H;1H;/q;;-1;;+2/p-1. The van der Waals surface area contributed by atoms with E-state index in [0.29, 0.717) is 56.9 Å². The Morgan fingerprint density at radius 1 is 0.694 bits per heavy atom. The van der Waals surface area contributed by atoms with E-state index in [1.165, 1.54) is 0 Å². The number of benzene rings is 4. The number of rotatable bonds is 8. The van der Waals surface area contributed by atoms with Crippen molar-refractivity contribution in [2.75, 3.05) is 26.2 Å². The van der Waals surface area contributed by atoms with Gasteiger partial charge in [0.25, 0.3) is 0 Å². The van der Waals surface area contributed by atoms with E-state index in [9.17, 15) is 18.0 Å². The molecule has 6 rings (SSSR count). The average Bonchev–Trinajstić information content (AvgIpc) is 3.23. The molecule has 4 aromatic carbocycles. The maximum absolute atomic E-state index is 12.9. The smallest absolute Gasteiger partial charge is 1.00 e. The molecule has 4 aromatic rings. The minimum absolute atomic E-state index is 0. The number of hydrogen-bond acceptors (Lipinski definition) is 6. The van der Waals surface area contributed by atoms with Gasteiger partial charge in [0.2, 0.25) is 0 Å². The number of carbonyl (C=O) groups is 2. The van der Waals surface area contributed by atoms with Gasteiger partial charge < -0.3 is 36.3 Å². The van der Waals surface area contributed by atoms with E-state index >= 15 is 0 Å². The Morgan fingerprint density at radius 2 is 1.13 bits per heavy atom. The van der Waals surface area contributed by atoms with Crippen LogP contribution in [-0.2, 0) is 50.2 Å². The number of piperidine rings is 2. The Morgan fingerprint density at radius 3 is 1.53 bits per heavy atom. The summed E-state index contributed by atoms with van der Waals surface area (Å²) in [5.41, 5.74) is 3.40. The van der Waals surface area contributed by atoms with Crippen molar-refractivity contribution in [3.63, 3.8) is 0 Å². The molecule has 332 valence electrons. The van der Waals surface area contributed by atoms with Crippen molar-refractivity contribution in [3.8, 4) is 0 Å². The summed E-state index contributed by atoms with van der Waals surface area (Å²) in [7, 11) is -2.48. The number of nitrogens with zero attached hydrogens (tertiary/aromatic N) is 3. The maximum atomic E-state index is 12.9. The minimum Gasteiger partial charge on any atom is -1.00 e. The molecule has 10 nitrogen and oxygen atoms in total. The largest absolute Gasteiger partial charge is 2.00 e. The van der Waals surface area contributed by atoms with E-state index < -0.39 is 32.3 Å². The molecule has 2 atom stereocenters. The van der Waals surface area contributed by atoms with Gasteiger partial charge in [0.1, 0.15) is 24.2 Å². The summed E-state index contributed by atoms with van der Waals surface area (Å²) < 4.78 is 42.7. The Labute approximate surface area is 410 Å². The van der Waals surface area contributed by atoms with Gasteiger partial charge in [-0.15, -0.1) is 11.6 Å². The van der Waals surface area contributed by atoms with E-state index in [2.05, 4.69) is 15.2 Å². The zero-order valence-electron chi connectivity index (χ0n) is 36.4. The number of carbonyl (C=O) groups excluding carboxylic acids is 2. The van der Waals surface area contributed by atoms with E-state index in [0.717, 1.165) is 27.4 Å². The summed E-state index contributed by atoms with van der Waals surface area (Å²) >= 11 is 11.6. The number of amides is 2. The Balaban J connectivity index is 0.000000366. The fourth-order valence-electron chi connectivity index (χ4n) is 5.90. The molecule has 2 saturated heterocycles. The number of hydrogen-bond donors (Lipinski definition) is 1. The van der Waals surface area contributed by atoms with Crippen LogP contribution in [0.5, 0.6) is 0 Å². The van der Waals surface area contributed by atoms with E-state index in [-0.39, 0.29) is 70.2 Å². The minimum atomic E-state index is -1.25. The second-order valence-corrected chi connectivity index (χ2v) is 21.1. The van der Waals surface area contributed by atoms with Crippen LogP contribution in [0.1, 0.15) is 83.9 Å². The number of ether oxygens (including phenoxy) is 2. The van der Waals surface area contributed by atoms with Crippen molar-refractivity contribution in [3.05, 3.63) is 142 Å². The predicted octanol–water partition coefficient (Wildman–Crippen LogP) is 7.11. The van der Waals surface area contributed by atoms with Gasteiger partial charge in [-0.2, -0.15) is 34.7 Å². The van der Waals surface area contributed by atoms with Crippen LogP contribution in [0, 0.1) is 6.07 Å². The maximum Gasteiger partial charge on any atom is 2.00 e. The van der Waals surface area contributed by atoms with Crippen LogP contribution in [0.2, 0.25) is 10.0 Å². The van der Waals surface area contributed by atoms with Crippen molar-refractivity contribution in [1.29, 1.82) is 0 Å². The fraction of sp³-hybridized carbons (Fsp3) is 0.413. The molecule has 2 aliphatic heterocycles. The first-order valence-electron chi connectivity index (χ1n) is 19.9. The summed E-state index contributed by atoms with van der Waals surface area (Å²) in [5, 5.41) is 1.42. The van der Waals surface area contributed by atoms with Gasteiger partial charge >= 0.3 is 35.2 Å². The van der Waals surface area contributed by atoms with Crippen LogP contribution >= 0.6 is 23.2 Å². The van der Waals surface area contributed by atoms with Crippen LogP contribution < -0.4 is 21.7 Å². The van der Waals surface area contributed by atoms with Gasteiger partial charge in [0.05, 0.1) is 26.0 Å². The molecule has 62 heavy (non-hydrogen) atoms. The molecule has 2 fully saturated rings. The first-order chi connectivity index (χ1) is 28.4. The molecule has 2 unspecified atom stereocenters. The third-order valence-electron chi connectivity index (χ3n) is 9.54. The van der Waals surface area contributed by atoms with E-state index in [4.69, 9.17) is 32.7 Å². The Kier molecular flexibility index (Phi) is 23.9. The molecule has 2 heterocycles. The van der Waals surface area contributed by atoms with Crippen molar-refractivity contribution in [2.45, 2.75) is 95.5 Å². The zero-order chi connectivity index (χ0) is 43.8. The fourth-order valence-corrected chi connectivity index (χ4v) is 7.83. The molecule has 0 saturated carbocycles. The zero-order valence-corrected chi connectivity index (χ0v) is 42.6. The van der Waals surface area contributed by atoms with Gasteiger partial charge in [0.15, 0.2) is 0 Å². The topological polar surface area (TPSA) is 118 Å². The SMILES string of the molecule is CC(C)(C)S(=O)N=C1CCN(C(=O)OCc2ccccc2)CC1.CC(C)(C)S(=O)NC1(c2ccc(Cl)cc2)CCN(C(=O)OCc2ccccc2)CC1.Clc1cc[c-]cc1.[Br-].[Mg+2]. The normalized spacial score (nSPS) is 15.6. The van der Waals surface area contributed by atoms with Gasteiger partial charge in [0, 0.05) is 49.8 Å². The molecule has 2 amide bonds. The molecule has 0 radical (unpaired) electrons. The molecule has 16 heteroatoms. The molecule has 2 aliphatic rings. The van der Waals surface area contributed by atoms with Crippen LogP contribution in [0.15, 0.2) is 114 Å². The van der Waals surface area contributed by atoms with Crippen molar-refractivity contribution in [1.82, 2.24) is 14.5 Å². The number of likely N-dealkylation sites (tertiary alicyclic amines) is 2. The molecular formula is C46H57BrCl2MgN4O6S2. The van der Waals surface area contributed by atoms with Gasteiger partial charge in [-0.1, -0.05) is 89.4 Å². The third kappa shape index (κ3) is 18.7. The molecule has 0 bridgehead atoms. The van der Waals surface area contributed by atoms with E-state index in [1.807, 2.05) is 126 Å². The van der Waals surface area contributed by atoms with Gasteiger partial charge in [-0.3, -0.25) is 0 Å². The summed E-state index contributed by atoms with van der Waals surface area (Å²) in [6, 6.07) is 36.9.